The molecule has 2 aliphatic rings. The van der Waals surface area contributed by atoms with E-state index in [2.05, 4.69) is 5.32 Å². The average molecular weight is 422 g/mol. The molecule has 0 bridgehead atoms. The lowest BCUT2D eigenvalue weighted by Crippen LogP contribution is -2.53. The Morgan fingerprint density at radius 2 is 1.77 bits per heavy atom. The van der Waals surface area contributed by atoms with Gasteiger partial charge in [0.25, 0.3) is 0 Å². The van der Waals surface area contributed by atoms with Crippen molar-refractivity contribution in [2.24, 2.45) is 0 Å². The SMILES string of the molecule is CC(=O)N[C@@H]1CC2(CCN(C(=O)Cc3ccc(N(C)C)cc3)CC2)Oc2ccccc21. The van der Waals surface area contributed by atoms with Gasteiger partial charge in [-0.3, -0.25) is 9.59 Å². The molecule has 0 aromatic heterocycles. The first-order valence-electron chi connectivity index (χ1n) is 10.9. The molecule has 2 aromatic rings. The third-order valence-electron chi connectivity index (χ3n) is 6.41. The molecule has 1 saturated heterocycles. The summed E-state index contributed by atoms with van der Waals surface area (Å²) in [6.45, 7) is 2.89. The van der Waals surface area contributed by atoms with Crippen molar-refractivity contribution in [1.29, 1.82) is 0 Å². The van der Waals surface area contributed by atoms with Crippen molar-refractivity contribution in [2.75, 3.05) is 32.1 Å². The van der Waals surface area contributed by atoms with Gasteiger partial charge in [-0.15, -0.1) is 0 Å². The van der Waals surface area contributed by atoms with E-state index in [1.807, 2.05) is 72.4 Å². The molecule has 2 aliphatic heterocycles. The summed E-state index contributed by atoms with van der Waals surface area (Å²) in [5.41, 5.74) is 2.85. The summed E-state index contributed by atoms with van der Waals surface area (Å²) >= 11 is 0. The third kappa shape index (κ3) is 4.68. The van der Waals surface area contributed by atoms with Crippen LogP contribution in [0, 0.1) is 0 Å². The van der Waals surface area contributed by atoms with Crippen molar-refractivity contribution in [3.05, 3.63) is 59.7 Å². The highest BCUT2D eigenvalue weighted by Gasteiger charge is 2.44. The second-order valence-electron chi connectivity index (χ2n) is 8.90. The minimum atomic E-state index is -0.342. The molecule has 31 heavy (non-hydrogen) atoms. The fourth-order valence-corrected chi connectivity index (χ4v) is 4.66. The van der Waals surface area contributed by atoms with Gasteiger partial charge in [0.15, 0.2) is 0 Å². The summed E-state index contributed by atoms with van der Waals surface area (Å²) in [7, 11) is 4.01. The van der Waals surface area contributed by atoms with Crippen LogP contribution in [0.4, 0.5) is 5.69 Å². The van der Waals surface area contributed by atoms with E-state index in [0.717, 1.165) is 41.8 Å². The van der Waals surface area contributed by atoms with E-state index in [4.69, 9.17) is 4.74 Å². The van der Waals surface area contributed by atoms with Gasteiger partial charge in [-0.2, -0.15) is 0 Å². The molecule has 2 heterocycles. The maximum absolute atomic E-state index is 12.9. The summed E-state index contributed by atoms with van der Waals surface area (Å²) < 4.78 is 6.46. The Morgan fingerprint density at radius 3 is 2.42 bits per heavy atom. The summed E-state index contributed by atoms with van der Waals surface area (Å²) in [6.07, 6.45) is 2.68. The lowest BCUT2D eigenvalue weighted by atomic mass is 9.80. The highest BCUT2D eigenvalue weighted by molar-refractivity contribution is 5.79. The van der Waals surface area contributed by atoms with Crippen LogP contribution in [-0.2, 0) is 16.0 Å². The Bertz CT molecular complexity index is 947. The fourth-order valence-electron chi connectivity index (χ4n) is 4.66. The second kappa shape index (κ2) is 8.61. The zero-order valence-electron chi connectivity index (χ0n) is 18.6. The lowest BCUT2D eigenvalue weighted by Gasteiger charge is -2.47. The van der Waals surface area contributed by atoms with E-state index in [-0.39, 0.29) is 23.5 Å². The zero-order chi connectivity index (χ0) is 22.0. The van der Waals surface area contributed by atoms with Crippen LogP contribution in [0.5, 0.6) is 5.75 Å². The standard InChI is InChI=1S/C25H31N3O3/c1-18(29)26-22-17-25(31-23-7-5-4-6-21(22)23)12-14-28(15-13-25)24(30)16-19-8-10-20(11-9-19)27(2)3/h4-11,22H,12-17H2,1-3H3,(H,26,29)/t22-/m1/s1. The monoisotopic (exact) mass is 421 g/mol. The third-order valence-corrected chi connectivity index (χ3v) is 6.41. The first-order chi connectivity index (χ1) is 14.8. The number of anilines is 1. The van der Waals surface area contributed by atoms with Crippen molar-refractivity contribution < 1.29 is 14.3 Å². The van der Waals surface area contributed by atoms with E-state index in [9.17, 15) is 9.59 Å². The number of nitrogens with one attached hydrogen (secondary N) is 1. The molecule has 0 aliphatic carbocycles. The van der Waals surface area contributed by atoms with Gasteiger partial charge in [-0.1, -0.05) is 30.3 Å². The first-order valence-corrected chi connectivity index (χ1v) is 10.9. The molecule has 1 atom stereocenters. The molecule has 2 amide bonds. The van der Waals surface area contributed by atoms with Crippen molar-refractivity contribution >= 4 is 17.5 Å². The first kappa shape index (κ1) is 21.2. The Kier molecular flexibility index (Phi) is 5.90. The molecule has 6 heteroatoms. The van der Waals surface area contributed by atoms with Gasteiger partial charge >= 0.3 is 0 Å². The summed E-state index contributed by atoms with van der Waals surface area (Å²) in [5, 5.41) is 3.09. The number of nitrogens with zero attached hydrogens (tertiary/aromatic N) is 2. The molecule has 6 nitrogen and oxygen atoms in total. The number of carbonyl (C=O) groups excluding carboxylic acids is 2. The van der Waals surface area contributed by atoms with Crippen LogP contribution in [-0.4, -0.2) is 49.5 Å². The summed E-state index contributed by atoms with van der Waals surface area (Å²) in [5.74, 6) is 0.958. The van der Waals surface area contributed by atoms with Gasteiger partial charge in [0, 0.05) is 64.6 Å². The quantitative estimate of drug-likeness (QED) is 0.823. The average Bonchev–Trinajstić information content (AvgIpc) is 2.74. The van der Waals surface area contributed by atoms with Crippen LogP contribution in [0.2, 0.25) is 0 Å². The topological polar surface area (TPSA) is 61.9 Å². The fraction of sp³-hybridized carbons (Fsp3) is 0.440. The Morgan fingerprint density at radius 1 is 1.10 bits per heavy atom. The van der Waals surface area contributed by atoms with E-state index in [1.54, 1.807) is 6.92 Å². The molecule has 0 unspecified atom stereocenters. The van der Waals surface area contributed by atoms with Gasteiger partial charge < -0.3 is 19.9 Å². The predicted octanol–water partition coefficient (Wildman–Crippen LogP) is 3.32. The number of hydrogen-bond donors (Lipinski definition) is 1. The molecule has 4 rings (SSSR count). The molecular formula is C25H31N3O3. The van der Waals surface area contributed by atoms with Gasteiger partial charge in [0.1, 0.15) is 11.4 Å². The van der Waals surface area contributed by atoms with Gasteiger partial charge in [-0.25, -0.2) is 0 Å². The smallest absolute Gasteiger partial charge is 0.226 e. The van der Waals surface area contributed by atoms with Crippen LogP contribution in [0.15, 0.2) is 48.5 Å². The number of hydrogen-bond acceptors (Lipinski definition) is 4. The summed E-state index contributed by atoms with van der Waals surface area (Å²) in [6, 6.07) is 16.0. The molecule has 0 radical (unpaired) electrons. The second-order valence-corrected chi connectivity index (χ2v) is 8.90. The maximum Gasteiger partial charge on any atom is 0.226 e. The van der Waals surface area contributed by atoms with Crippen LogP contribution in [0.3, 0.4) is 0 Å². The number of likely N-dealkylation sites (tertiary alicyclic amines) is 1. The van der Waals surface area contributed by atoms with Crippen LogP contribution >= 0.6 is 0 Å². The van der Waals surface area contributed by atoms with Crippen molar-refractivity contribution in [1.82, 2.24) is 10.2 Å². The van der Waals surface area contributed by atoms with E-state index >= 15 is 0 Å². The van der Waals surface area contributed by atoms with E-state index in [1.165, 1.54) is 0 Å². The largest absolute Gasteiger partial charge is 0.487 e. The van der Waals surface area contributed by atoms with Gasteiger partial charge in [0.05, 0.1) is 12.5 Å². The molecule has 1 N–H and O–H groups in total. The van der Waals surface area contributed by atoms with Crippen LogP contribution in [0.1, 0.15) is 43.4 Å². The Hall–Kier alpha value is -3.02. The predicted molar refractivity (Wildman–Crippen MR) is 121 cm³/mol. The number of piperidine rings is 1. The number of amides is 2. The minimum Gasteiger partial charge on any atom is -0.487 e. The highest BCUT2D eigenvalue weighted by Crippen LogP contribution is 2.44. The normalized spacial score (nSPS) is 19.3. The number of benzene rings is 2. The molecule has 164 valence electrons. The molecule has 1 spiro atoms. The Balaban J connectivity index is 1.40. The number of ether oxygens (including phenoxy) is 1. The van der Waals surface area contributed by atoms with Crippen molar-refractivity contribution in [3.8, 4) is 5.75 Å². The molecule has 1 fully saturated rings. The van der Waals surface area contributed by atoms with Crippen LogP contribution in [0.25, 0.3) is 0 Å². The summed E-state index contributed by atoms with van der Waals surface area (Å²) in [4.78, 5) is 28.6. The number of rotatable bonds is 4. The molecule has 0 saturated carbocycles. The van der Waals surface area contributed by atoms with Gasteiger partial charge in [-0.05, 0) is 23.8 Å². The van der Waals surface area contributed by atoms with Crippen LogP contribution < -0.4 is 15.0 Å². The minimum absolute atomic E-state index is 0.0373. The van der Waals surface area contributed by atoms with Crippen molar-refractivity contribution in [2.45, 2.75) is 44.2 Å². The zero-order valence-corrected chi connectivity index (χ0v) is 18.6. The van der Waals surface area contributed by atoms with E-state index in [0.29, 0.717) is 19.5 Å². The molecule has 2 aromatic carbocycles. The Labute approximate surface area is 184 Å². The maximum atomic E-state index is 12.9. The number of fused-ring (bicyclic) bond motifs is 1. The van der Waals surface area contributed by atoms with Crippen molar-refractivity contribution in [3.63, 3.8) is 0 Å². The van der Waals surface area contributed by atoms with Gasteiger partial charge in [0.2, 0.25) is 11.8 Å². The number of para-hydroxylation sites is 1. The highest BCUT2D eigenvalue weighted by atomic mass is 16.5. The molecular weight excluding hydrogens is 390 g/mol. The van der Waals surface area contributed by atoms with E-state index < -0.39 is 0 Å². The lowest BCUT2D eigenvalue weighted by molar-refractivity contribution is -0.134. The number of carbonyl (C=O) groups is 2.